The topological polar surface area (TPSA) is 59.3 Å². The maximum absolute atomic E-state index is 5.47. The summed E-state index contributed by atoms with van der Waals surface area (Å²) >= 11 is 0. The standard InChI is InChI=1S/C11H19N3O/c1-4-15-10-6-5-9(7-8(10)2)11(13-3)14-12/h5-7,11,13-14H,4,12H2,1-3H3. The third-order valence-corrected chi connectivity index (χ3v) is 2.29. The molecule has 1 aromatic carbocycles. The van der Waals surface area contributed by atoms with Gasteiger partial charge in [0.05, 0.1) is 12.8 Å². The van der Waals surface area contributed by atoms with E-state index in [9.17, 15) is 0 Å². The Morgan fingerprint density at radius 1 is 1.47 bits per heavy atom. The lowest BCUT2D eigenvalue weighted by Gasteiger charge is -2.17. The summed E-state index contributed by atoms with van der Waals surface area (Å²) in [5.74, 6) is 6.34. The third-order valence-electron chi connectivity index (χ3n) is 2.29. The van der Waals surface area contributed by atoms with Crippen molar-refractivity contribution < 1.29 is 4.74 Å². The first kappa shape index (κ1) is 12.0. The van der Waals surface area contributed by atoms with Crippen LogP contribution >= 0.6 is 0 Å². The van der Waals surface area contributed by atoms with Crippen molar-refractivity contribution in [1.29, 1.82) is 0 Å². The van der Waals surface area contributed by atoms with E-state index in [1.54, 1.807) is 0 Å². The van der Waals surface area contributed by atoms with Gasteiger partial charge in [0, 0.05) is 0 Å². The molecule has 1 aromatic rings. The normalized spacial score (nSPS) is 12.5. The van der Waals surface area contributed by atoms with Crippen LogP contribution < -0.4 is 21.3 Å². The van der Waals surface area contributed by atoms with Gasteiger partial charge in [0.15, 0.2) is 0 Å². The maximum atomic E-state index is 5.47. The number of benzene rings is 1. The summed E-state index contributed by atoms with van der Waals surface area (Å²) in [7, 11) is 1.86. The molecule has 0 aliphatic rings. The minimum absolute atomic E-state index is 0.0284. The fourth-order valence-corrected chi connectivity index (χ4v) is 1.52. The van der Waals surface area contributed by atoms with Gasteiger partial charge in [0.1, 0.15) is 5.75 Å². The van der Waals surface area contributed by atoms with Gasteiger partial charge in [-0.25, -0.2) is 5.43 Å². The van der Waals surface area contributed by atoms with E-state index in [1.165, 1.54) is 0 Å². The maximum Gasteiger partial charge on any atom is 0.122 e. The summed E-state index contributed by atoms with van der Waals surface area (Å²) in [4.78, 5) is 0. The molecule has 1 unspecified atom stereocenters. The van der Waals surface area contributed by atoms with E-state index in [1.807, 2.05) is 33.0 Å². The molecule has 0 spiro atoms. The highest BCUT2D eigenvalue weighted by molar-refractivity contribution is 5.37. The molecular weight excluding hydrogens is 190 g/mol. The van der Waals surface area contributed by atoms with Crippen molar-refractivity contribution in [2.45, 2.75) is 20.0 Å². The van der Waals surface area contributed by atoms with Crippen LogP contribution in [0.15, 0.2) is 18.2 Å². The van der Waals surface area contributed by atoms with E-state index in [0.717, 1.165) is 16.9 Å². The molecular formula is C11H19N3O. The van der Waals surface area contributed by atoms with Gasteiger partial charge in [-0.2, -0.15) is 0 Å². The van der Waals surface area contributed by atoms with Gasteiger partial charge in [-0.15, -0.1) is 0 Å². The molecule has 4 nitrogen and oxygen atoms in total. The molecule has 84 valence electrons. The van der Waals surface area contributed by atoms with Gasteiger partial charge in [-0.05, 0) is 44.2 Å². The highest BCUT2D eigenvalue weighted by Gasteiger charge is 2.08. The van der Waals surface area contributed by atoms with E-state index < -0.39 is 0 Å². The smallest absolute Gasteiger partial charge is 0.122 e. The summed E-state index contributed by atoms with van der Waals surface area (Å²) < 4.78 is 5.47. The van der Waals surface area contributed by atoms with E-state index in [4.69, 9.17) is 10.6 Å². The Morgan fingerprint density at radius 3 is 2.67 bits per heavy atom. The summed E-state index contributed by atoms with van der Waals surface area (Å²) in [6.07, 6.45) is -0.0284. The first-order valence-electron chi connectivity index (χ1n) is 5.09. The molecule has 0 saturated carbocycles. The molecule has 4 N–H and O–H groups in total. The van der Waals surface area contributed by atoms with Crippen LogP contribution in [-0.2, 0) is 0 Å². The fraction of sp³-hybridized carbons (Fsp3) is 0.455. The summed E-state index contributed by atoms with van der Waals surface area (Å²) in [6, 6.07) is 6.03. The Labute approximate surface area is 90.8 Å². The largest absolute Gasteiger partial charge is 0.494 e. The zero-order valence-electron chi connectivity index (χ0n) is 9.50. The minimum atomic E-state index is -0.0284. The van der Waals surface area contributed by atoms with E-state index in [2.05, 4.69) is 16.8 Å². The Bertz CT molecular complexity index is 311. The van der Waals surface area contributed by atoms with Crippen molar-refractivity contribution in [3.8, 4) is 5.75 Å². The summed E-state index contributed by atoms with van der Waals surface area (Å²) in [6.45, 7) is 4.69. The van der Waals surface area contributed by atoms with Crippen LogP contribution in [0.1, 0.15) is 24.2 Å². The molecule has 15 heavy (non-hydrogen) atoms. The molecule has 0 aromatic heterocycles. The van der Waals surface area contributed by atoms with Crippen molar-refractivity contribution in [2.24, 2.45) is 5.84 Å². The molecule has 0 saturated heterocycles. The van der Waals surface area contributed by atoms with Gasteiger partial charge in [0.25, 0.3) is 0 Å². The van der Waals surface area contributed by atoms with Crippen LogP contribution in [0.2, 0.25) is 0 Å². The monoisotopic (exact) mass is 209 g/mol. The molecule has 1 atom stereocenters. The number of hydrazine groups is 1. The van der Waals surface area contributed by atoms with Crippen molar-refractivity contribution in [2.75, 3.05) is 13.7 Å². The van der Waals surface area contributed by atoms with Crippen LogP contribution in [-0.4, -0.2) is 13.7 Å². The van der Waals surface area contributed by atoms with Crippen LogP contribution in [0.25, 0.3) is 0 Å². The van der Waals surface area contributed by atoms with E-state index in [-0.39, 0.29) is 6.17 Å². The van der Waals surface area contributed by atoms with Crippen LogP contribution in [0.5, 0.6) is 5.75 Å². The lowest BCUT2D eigenvalue weighted by molar-refractivity contribution is 0.337. The molecule has 0 heterocycles. The second-order valence-corrected chi connectivity index (χ2v) is 3.35. The highest BCUT2D eigenvalue weighted by atomic mass is 16.5. The zero-order chi connectivity index (χ0) is 11.3. The van der Waals surface area contributed by atoms with Gasteiger partial charge < -0.3 is 10.1 Å². The Kier molecular flexibility index (Phi) is 4.55. The average Bonchev–Trinajstić information content (AvgIpc) is 2.24. The van der Waals surface area contributed by atoms with Crippen molar-refractivity contribution in [1.82, 2.24) is 10.7 Å². The molecule has 0 bridgehead atoms. The minimum Gasteiger partial charge on any atom is -0.494 e. The predicted molar refractivity (Wildman–Crippen MR) is 61.5 cm³/mol. The second-order valence-electron chi connectivity index (χ2n) is 3.35. The number of hydrogen-bond acceptors (Lipinski definition) is 4. The van der Waals surface area contributed by atoms with Crippen LogP contribution in [0, 0.1) is 6.92 Å². The van der Waals surface area contributed by atoms with Gasteiger partial charge in [-0.3, -0.25) is 5.84 Å². The Hall–Kier alpha value is -1.10. The molecule has 4 heteroatoms. The highest BCUT2D eigenvalue weighted by Crippen LogP contribution is 2.21. The second kappa shape index (κ2) is 5.70. The molecule has 0 amide bonds. The number of nitrogens with two attached hydrogens (primary N) is 1. The lowest BCUT2D eigenvalue weighted by Crippen LogP contribution is -2.36. The average molecular weight is 209 g/mol. The molecule has 0 fully saturated rings. The SMILES string of the molecule is CCOc1ccc(C(NC)NN)cc1C. The number of rotatable bonds is 5. The van der Waals surface area contributed by atoms with Crippen molar-refractivity contribution >= 4 is 0 Å². The van der Waals surface area contributed by atoms with E-state index in [0.29, 0.717) is 6.61 Å². The third kappa shape index (κ3) is 2.92. The molecule has 0 aliphatic heterocycles. The first-order valence-corrected chi connectivity index (χ1v) is 5.09. The van der Waals surface area contributed by atoms with Gasteiger partial charge in [0.2, 0.25) is 0 Å². The quantitative estimate of drug-likeness (QED) is 0.386. The Morgan fingerprint density at radius 2 is 2.20 bits per heavy atom. The summed E-state index contributed by atoms with van der Waals surface area (Å²) in [5, 5.41) is 3.07. The number of hydrogen-bond donors (Lipinski definition) is 3. The van der Waals surface area contributed by atoms with Crippen LogP contribution in [0.4, 0.5) is 0 Å². The number of aryl methyl sites for hydroxylation is 1. The number of nitrogens with one attached hydrogen (secondary N) is 2. The fourth-order valence-electron chi connectivity index (χ4n) is 1.52. The number of ether oxygens (including phenoxy) is 1. The van der Waals surface area contributed by atoms with Gasteiger partial charge in [-0.1, -0.05) is 6.07 Å². The lowest BCUT2D eigenvalue weighted by atomic mass is 10.1. The molecule has 1 rings (SSSR count). The van der Waals surface area contributed by atoms with Gasteiger partial charge >= 0.3 is 0 Å². The molecule has 0 aliphatic carbocycles. The predicted octanol–water partition coefficient (Wildman–Crippen LogP) is 1.08. The summed E-state index contributed by atoms with van der Waals surface area (Å²) in [5.41, 5.74) is 4.91. The van der Waals surface area contributed by atoms with Crippen molar-refractivity contribution in [3.63, 3.8) is 0 Å². The Balaban J connectivity index is 2.89. The zero-order valence-corrected chi connectivity index (χ0v) is 9.50. The van der Waals surface area contributed by atoms with Crippen molar-refractivity contribution in [3.05, 3.63) is 29.3 Å². The first-order chi connectivity index (χ1) is 7.22. The molecule has 0 radical (unpaired) electrons. The van der Waals surface area contributed by atoms with E-state index >= 15 is 0 Å². The van der Waals surface area contributed by atoms with Crippen LogP contribution in [0.3, 0.4) is 0 Å².